The van der Waals surface area contributed by atoms with E-state index in [0.717, 1.165) is 19.7 Å². The summed E-state index contributed by atoms with van der Waals surface area (Å²) < 4.78 is 5.54. The number of nitrogens with one attached hydrogen (secondary N) is 1. The summed E-state index contributed by atoms with van der Waals surface area (Å²) in [6.07, 6.45) is 7.92. The Morgan fingerprint density at radius 3 is 3.00 bits per heavy atom. The van der Waals surface area contributed by atoms with E-state index in [9.17, 15) is 0 Å². The number of hydrogen-bond acceptors (Lipinski definition) is 2. The third-order valence-electron chi connectivity index (χ3n) is 2.65. The Kier molecular flexibility index (Phi) is 2.79. The van der Waals surface area contributed by atoms with Crippen LogP contribution in [0.15, 0.2) is 11.6 Å². The molecular formula is C10H17NO. The average Bonchev–Trinajstić information content (AvgIpc) is 2.46. The number of allylic oxidation sites excluding steroid dienone is 1. The van der Waals surface area contributed by atoms with Gasteiger partial charge in [-0.2, -0.15) is 0 Å². The molecular weight excluding hydrogens is 150 g/mol. The maximum Gasteiger partial charge on any atom is 0.0579 e. The van der Waals surface area contributed by atoms with E-state index in [1.54, 1.807) is 5.57 Å². The van der Waals surface area contributed by atoms with Crippen molar-refractivity contribution in [2.45, 2.75) is 31.8 Å². The van der Waals surface area contributed by atoms with Crippen molar-refractivity contribution in [1.82, 2.24) is 5.32 Å². The van der Waals surface area contributed by atoms with Crippen LogP contribution in [0.2, 0.25) is 0 Å². The van der Waals surface area contributed by atoms with Gasteiger partial charge in [-0.25, -0.2) is 0 Å². The second-order valence-electron chi connectivity index (χ2n) is 3.68. The lowest BCUT2D eigenvalue weighted by molar-refractivity contribution is 0.105. The van der Waals surface area contributed by atoms with Crippen LogP contribution in [0.25, 0.3) is 0 Å². The summed E-state index contributed by atoms with van der Waals surface area (Å²) in [5, 5.41) is 3.24. The van der Waals surface area contributed by atoms with Crippen molar-refractivity contribution in [2.24, 2.45) is 0 Å². The fourth-order valence-electron chi connectivity index (χ4n) is 1.76. The molecule has 0 amide bonds. The lowest BCUT2D eigenvalue weighted by Crippen LogP contribution is -2.33. The monoisotopic (exact) mass is 167 g/mol. The minimum Gasteiger partial charge on any atom is -0.378 e. The van der Waals surface area contributed by atoms with E-state index in [-0.39, 0.29) is 0 Å². The summed E-state index contributed by atoms with van der Waals surface area (Å²) in [5.74, 6) is 0. The Morgan fingerprint density at radius 2 is 2.42 bits per heavy atom. The van der Waals surface area contributed by atoms with Gasteiger partial charge in [0.25, 0.3) is 0 Å². The van der Waals surface area contributed by atoms with Crippen LogP contribution in [-0.2, 0) is 4.74 Å². The lowest BCUT2D eigenvalue weighted by Gasteiger charge is -2.18. The topological polar surface area (TPSA) is 21.3 Å². The summed E-state index contributed by atoms with van der Waals surface area (Å²) in [6.45, 7) is 3.22. The molecule has 1 atom stereocenters. The van der Waals surface area contributed by atoms with Gasteiger partial charge in [-0.15, -0.1) is 0 Å². The van der Waals surface area contributed by atoms with Crippen molar-refractivity contribution in [2.75, 3.05) is 19.7 Å². The van der Waals surface area contributed by atoms with Crippen molar-refractivity contribution < 1.29 is 4.74 Å². The van der Waals surface area contributed by atoms with E-state index in [1.165, 1.54) is 25.7 Å². The molecule has 12 heavy (non-hydrogen) atoms. The van der Waals surface area contributed by atoms with E-state index in [1.807, 2.05) is 0 Å². The molecule has 0 aliphatic carbocycles. The first-order valence-electron chi connectivity index (χ1n) is 4.95. The van der Waals surface area contributed by atoms with Gasteiger partial charge >= 0.3 is 0 Å². The highest BCUT2D eigenvalue weighted by atomic mass is 16.5. The van der Waals surface area contributed by atoms with E-state index in [0.29, 0.717) is 6.10 Å². The zero-order chi connectivity index (χ0) is 8.23. The van der Waals surface area contributed by atoms with Crippen molar-refractivity contribution in [3.63, 3.8) is 0 Å². The molecule has 1 unspecified atom stereocenters. The molecule has 2 heteroatoms. The number of ether oxygens (including phenoxy) is 1. The Hall–Kier alpha value is -0.340. The van der Waals surface area contributed by atoms with Gasteiger partial charge < -0.3 is 10.1 Å². The molecule has 2 saturated heterocycles. The maximum absolute atomic E-state index is 5.54. The van der Waals surface area contributed by atoms with Crippen molar-refractivity contribution in [3.8, 4) is 0 Å². The first-order valence-corrected chi connectivity index (χ1v) is 4.95. The summed E-state index contributed by atoms with van der Waals surface area (Å²) in [7, 11) is 0. The van der Waals surface area contributed by atoms with Crippen LogP contribution in [-0.4, -0.2) is 25.8 Å². The van der Waals surface area contributed by atoms with Crippen LogP contribution in [0.1, 0.15) is 25.7 Å². The Bertz CT molecular complexity index is 165. The third-order valence-corrected chi connectivity index (χ3v) is 2.65. The fourth-order valence-corrected chi connectivity index (χ4v) is 1.76. The van der Waals surface area contributed by atoms with Gasteiger partial charge in [-0.05, 0) is 31.3 Å². The normalized spacial score (nSPS) is 28.7. The van der Waals surface area contributed by atoms with Crippen molar-refractivity contribution in [3.05, 3.63) is 11.6 Å². The van der Waals surface area contributed by atoms with E-state index < -0.39 is 0 Å². The zero-order valence-corrected chi connectivity index (χ0v) is 7.51. The highest BCUT2D eigenvalue weighted by Gasteiger charge is 2.14. The van der Waals surface area contributed by atoms with Crippen LogP contribution in [0.5, 0.6) is 0 Å². The minimum atomic E-state index is 0.565. The smallest absolute Gasteiger partial charge is 0.0579 e. The predicted octanol–water partition coefficient (Wildman–Crippen LogP) is 1.48. The molecule has 2 fully saturated rings. The highest BCUT2D eigenvalue weighted by molar-refractivity contribution is 5.13. The SMILES string of the molecule is C(CCC1CCCO1)=C1CNC1. The summed E-state index contributed by atoms with van der Waals surface area (Å²) >= 11 is 0. The van der Waals surface area contributed by atoms with Gasteiger partial charge in [0.05, 0.1) is 6.10 Å². The fraction of sp³-hybridized carbons (Fsp3) is 0.800. The van der Waals surface area contributed by atoms with E-state index in [2.05, 4.69) is 11.4 Å². The predicted molar refractivity (Wildman–Crippen MR) is 49.2 cm³/mol. The first-order chi connectivity index (χ1) is 5.95. The summed E-state index contributed by atoms with van der Waals surface area (Å²) in [4.78, 5) is 0. The standard InChI is InChI=1S/C10H17NO/c1(3-9-7-11-8-9)4-10-5-2-6-12-10/h3,10-11H,1-2,4-8H2. The van der Waals surface area contributed by atoms with Gasteiger partial charge in [-0.3, -0.25) is 0 Å². The quantitative estimate of drug-likeness (QED) is 0.643. The first kappa shape index (κ1) is 8.27. The van der Waals surface area contributed by atoms with E-state index >= 15 is 0 Å². The molecule has 2 aliphatic heterocycles. The van der Waals surface area contributed by atoms with Crippen LogP contribution < -0.4 is 5.32 Å². The van der Waals surface area contributed by atoms with Crippen molar-refractivity contribution >= 4 is 0 Å². The lowest BCUT2D eigenvalue weighted by atomic mass is 10.1. The van der Waals surface area contributed by atoms with Crippen molar-refractivity contribution in [1.29, 1.82) is 0 Å². The number of hydrogen-bond donors (Lipinski definition) is 1. The van der Waals surface area contributed by atoms with Gasteiger partial charge in [0.15, 0.2) is 0 Å². The second-order valence-corrected chi connectivity index (χ2v) is 3.68. The summed E-state index contributed by atoms with van der Waals surface area (Å²) in [6, 6.07) is 0. The Labute approximate surface area is 74.0 Å². The second kappa shape index (κ2) is 4.06. The molecule has 0 saturated carbocycles. The molecule has 1 N–H and O–H groups in total. The largest absolute Gasteiger partial charge is 0.378 e. The molecule has 0 aromatic carbocycles. The molecule has 68 valence electrons. The average molecular weight is 167 g/mol. The van der Waals surface area contributed by atoms with Crippen LogP contribution in [0.3, 0.4) is 0 Å². The Morgan fingerprint density at radius 1 is 1.50 bits per heavy atom. The van der Waals surface area contributed by atoms with Crippen LogP contribution >= 0.6 is 0 Å². The molecule has 2 rings (SSSR count). The highest BCUT2D eigenvalue weighted by Crippen LogP contribution is 2.17. The molecule has 2 nitrogen and oxygen atoms in total. The van der Waals surface area contributed by atoms with Gasteiger partial charge in [0.2, 0.25) is 0 Å². The van der Waals surface area contributed by atoms with Gasteiger partial charge in [0.1, 0.15) is 0 Å². The zero-order valence-electron chi connectivity index (χ0n) is 7.51. The summed E-state index contributed by atoms with van der Waals surface area (Å²) in [5.41, 5.74) is 1.58. The van der Waals surface area contributed by atoms with Crippen LogP contribution in [0, 0.1) is 0 Å². The van der Waals surface area contributed by atoms with Gasteiger partial charge in [0, 0.05) is 19.7 Å². The molecule has 0 aromatic heterocycles. The molecule has 0 bridgehead atoms. The molecule has 2 aliphatic rings. The van der Waals surface area contributed by atoms with E-state index in [4.69, 9.17) is 4.74 Å². The molecule has 0 radical (unpaired) electrons. The third kappa shape index (κ3) is 2.08. The Balaban J connectivity index is 1.61. The molecule has 2 heterocycles. The molecule has 0 spiro atoms. The maximum atomic E-state index is 5.54. The van der Waals surface area contributed by atoms with Gasteiger partial charge in [-0.1, -0.05) is 6.08 Å². The number of rotatable bonds is 3. The molecule has 0 aromatic rings. The minimum absolute atomic E-state index is 0.565. The van der Waals surface area contributed by atoms with Crippen LogP contribution in [0.4, 0.5) is 0 Å².